The molecule has 1 fully saturated rings. The lowest BCUT2D eigenvalue weighted by Gasteiger charge is -2.35. The number of hydroxylamine groups is 1. The lowest BCUT2D eigenvalue weighted by atomic mass is 9.97. The van der Waals surface area contributed by atoms with Crippen LogP contribution in [0.4, 0.5) is 0 Å². The Bertz CT molecular complexity index is 817. The summed E-state index contributed by atoms with van der Waals surface area (Å²) in [7, 11) is 0. The van der Waals surface area contributed by atoms with Gasteiger partial charge in [0.05, 0.1) is 25.5 Å². The quantitative estimate of drug-likeness (QED) is 0.745. The fraction of sp³-hybridized carbons (Fsp3) is 0.545. The van der Waals surface area contributed by atoms with Crippen LogP contribution in [0.25, 0.3) is 0 Å². The molecule has 0 spiro atoms. The van der Waals surface area contributed by atoms with Gasteiger partial charge in [-0.1, -0.05) is 51.1 Å². The predicted molar refractivity (Wildman–Crippen MR) is 107 cm³/mol. The van der Waals surface area contributed by atoms with E-state index < -0.39 is 11.7 Å². The highest BCUT2D eigenvalue weighted by Crippen LogP contribution is 2.28. The van der Waals surface area contributed by atoms with Crippen molar-refractivity contribution in [3.05, 3.63) is 53.2 Å². The second-order valence-corrected chi connectivity index (χ2v) is 8.62. The molecule has 0 bridgehead atoms. The molecule has 0 saturated carbocycles. The van der Waals surface area contributed by atoms with Crippen molar-refractivity contribution < 1.29 is 23.5 Å². The molecule has 29 heavy (non-hydrogen) atoms. The number of rotatable bonds is 6. The van der Waals surface area contributed by atoms with Gasteiger partial charge in [-0.25, -0.2) is 10.5 Å². The highest BCUT2D eigenvalue weighted by atomic mass is 16.7. The first-order valence-electron chi connectivity index (χ1n) is 9.88. The first-order valence-corrected chi connectivity index (χ1v) is 9.88. The van der Waals surface area contributed by atoms with Crippen LogP contribution in [0.1, 0.15) is 50.6 Å². The molecule has 1 amide bonds. The summed E-state index contributed by atoms with van der Waals surface area (Å²) in [5.74, 6) is -0.196. The third-order valence-electron chi connectivity index (χ3n) is 4.86. The smallest absolute Gasteiger partial charge is 0.303 e. The fourth-order valence-corrected chi connectivity index (χ4v) is 2.96. The van der Waals surface area contributed by atoms with Gasteiger partial charge in [-0.2, -0.15) is 0 Å². The lowest BCUT2D eigenvalue weighted by Crippen LogP contribution is -2.53. The Hall–Kier alpha value is -2.22. The summed E-state index contributed by atoms with van der Waals surface area (Å²) in [5.41, 5.74) is 4.15. The highest BCUT2D eigenvalue weighted by Gasteiger charge is 2.41. The summed E-state index contributed by atoms with van der Waals surface area (Å²) >= 11 is 0. The van der Waals surface area contributed by atoms with Crippen LogP contribution >= 0.6 is 0 Å². The summed E-state index contributed by atoms with van der Waals surface area (Å²) in [6.45, 7) is 10.8. The van der Waals surface area contributed by atoms with E-state index in [0.29, 0.717) is 19.6 Å². The van der Waals surface area contributed by atoms with Crippen molar-refractivity contribution >= 4 is 5.91 Å². The number of hydrogen-bond acceptors (Lipinski definition) is 6. The summed E-state index contributed by atoms with van der Waals surface area (Å²) in [4.78, 5) is 22.4. The number of ether oxygens (including phenoxy) is 2. The molecule has 1 N–H and O–H groups in total. The number of benzene rings is 1. The lowest BCUT2D eigenvalue weighted by molar-refractivity contribution is -0.265. The molecule has 0 radical (unpaired) electrons. The van der Waals surface area contributed by atoms with Crippen LogP contribution in [-0.2, 0) is 37.5 Å². The van der Waals surface area contributed by atoms with Crippen LogP contribution in [-0.4, -0.2) is 29.9 Å². The van der Waals surface area contributed by atoms with E-state index in [-0.39, 0.29) is 17.9 Å². The van der Waals surface area contributed by atoms with Crippen LogP contribution in [0.15, 0.2) is 34.7 Å². The Kier molecular flexibility index (Phi) is 6.41. The molecule has 1 aromatic carbocycles. The molecule has 1 aliphatic heterocycles. The zero-order chi connectivity index (χ0) is 21.1. The van der Waals surface area contributed by atoms with Crippen molar-refractivity contribution in [2.45, 2.75) is 58.8 Å². The Morgan fingerprint density at radius 1 is 1.24 bits per heavy atom. The van der Waals surface area contributed by atoms with Gasteiger partial charge in [-0.15, -0.1) is 0 Å². The van der Waals surface area contributed by atoms with Crippen LogP contribution in [0.3, 0.4) is 0 Å². The molecule has 0 aliphatic carbocycles. The molecule has 7 heteroatoms. The van der Waals surface area contributed by atoms with E-state index >= 15 is 0 Å². The first-order chi connectivity index (χ1) is 13.7. The SMILES string of the molecule is Cc1oc(C(C)(C)C)nc1CC1COC(C)(C(=O)NOCc2ccccc2)OC1. The van der Waals surface area contributed by atoms with Crippen LogP contribution in [0, 0.1) is 12.8 Å². The van der Waals surface area contributed by atoms with Gasteiger partial charge < -0.3 is 13.9 Å². The van der Waals surface area contributed by atoms with Crippen molar-refractivity contribution in [1.82, 2.24) is 10.5 Å². The third-order valence-corrected chi connectivity index (χ3v) is 4.86. The Balaban J connectivity index is 1.49. The van der Waals surface area contributed by atoms with Crippen LogP contribution in [0.5, 0.6) is 0 Å². The van der Waals surface area contributed by atoms with Gasteiger partial charge in [0.2, 0.25) is 5.79 Å². The summed E-state index contributed by atoms with van der Waals surface area (Å²) in [6.07, 6.45) is 0.674. The average molecular weight is 402 g/mol. The standard InChI is InChI=1S/C22H30N2O5/c1-15-18(23-20(29-15)21(2,3)4)11-17-12-26-22(5,27-13-17)19(25)24-28-14-16-9-7-6-8-10-16/h6-10,17H,11-14H2,1-5H3,(H,24,25). The number of nitrogens with zero attached hydrogens (tertiary/aromatic N) is 1. The third kappa shape index (κ3) is 5.44. The van der Waals surface area contributed by atoms with Crippen molar-refractivity contribution in [3.8, 4) is 0 Å². The fourth-order valence-electron chi connectivity index (χ4n) is 2.96. The Labute approximate surface area is 171 Å². The number of aryl methyl sites for hydroxylation is 1. The second kappa shape index (κ2) is 8.65. The number of carbonyl (C=O) groups is 1. The molecule has 2 heterocycles. The van der Waals surface area contributed by atoms with Gasteiger partial charge in [0.1, 0.15) is 5.76 Å². The predicted octanol–water partition coefficient (Wildman–Crippen LogP) is 3.45. The normalized spacial score (nSPS) is 22.4. The van der Waals surface area contributed by atoms with Crippen molar-refractivity contribution in [2.24, 2.45) is 5.92 Å². The first kappa shape index (κ1) is 21.5. The van der Waals surface area contributed by atoms with E-state index in [1.807, 2.05) is 37.3 Å². The average Bonchev–Trinajstić information content (AvgIpc) is 3.05. The Morgan fingerprint density at radius 3 is 2.48 bits per heavy atom. The molecular formula is C22H30N2O5. The zero-order valence-electron chi connectivity index (χ0n) is 17.8. The molecule has 1 aromatic heterocycles. The molecule has 0 unspecified atom stereocenters. The largest absolute Gasteiger partial charge is 0.445 e. The number of amides is 1. The Morgan fingerprint density at radius 2 is 1.90 bits per heavy atom. The highest BCUT2D eigenvalue weighted by molar-refractivity contribution is 5.82. The molecular weight excluding hydrogens is 372 g/mol. The number of nitrogens with one attached hydrogen (secondary N) is 1. The van der Waals surface area contributed by atoms with E-state index in [4.69, 9.17) is 18.7 Å². The molecule has 2 aromatic rings. The molecule has 3 rings (SSSR count). The minimum atomic E-state index is -1.37. The van der Waals surface area contributed by atoms with Crippen molar-refractivity contribution in [1.29, 1.82) is 0 Å². The van der Waals surface area contributed by atoms with E-state index in [1.54, 1.807) is 6.92 Å². The number of hydrogen-bond donors (Lipinski definition) is 1. The monoisotopic (exact) mass is 402 g/mol. The zero-order valence-corrected chi connectivity index (χ0v) is 17.8. The van der Waals surface area contributed by atoms with Gasteiger partial charge in [0, 0.05) is 17.8 Å². The maximum Gasteiger partial charge on any atom is 0.303 e. The number of oxazole rings is 1. The van der Waals surface area contributed by atoms with Crippen molar-refractivity contribution in [2.75, 3.05) is 13.2 Å². The van der Waals surface area contributed by atoms with E-state index in [2.05, 4.69) is 31.2 Å². The van der Waals surface area contributed by atoms with E-state index in [9.17, 15) is 4.79 Å². The summed E-state index contributed by atoms with van der Waals surface area (Å²) < 4.78 is 17.3. The molecule has 1 saturated heterocycles. The van der Waals surface area contributed by atoms with E-state index in [1.165, 1.54) is 0 Å². The minimum Gasteiger partial charge on any atom is -0.445 e. The van der Waals surface area contributed by atoms with Crippen LogP contribution < -0.4 is 5.48 Å². The van der Waals surface area contributed by atoms with Gasteiger partial charge in [0.15, 0.2) is 5.89 Å². The van der Waals surface area contributed by atoms with Gasteiger partial charge in [-0.3, -0.25) is 9.63 Å². The minimum absolute atomic E-state index is 0.0951. The second-order valence-electron chi connectivity index (χ2n) is 8.62. The molecule has 7 nitrogen and oxygen atoms in total. The van der Waals surface area contributed by atoms with Crippen molar-refractivity contribution in [3.63, 3.8) is 0 Å². The maximum atomic E-state index is 12.4. The van der Waals surface area contributed by atoms with Gasteiger partial charge in [-0.05, 0) is 19.4 Å². The van der Waals surface area contributed by atoms with Gasteiger partial charge in [0.25, 0.3) is 0 Å². The number of aromatic nitrogens is 1. The molecule has 1 aliphatic rings. The van der Waals surface area contributed by atoms with Gasteiger partial charge >= 0.3 is 5.91 Å². The summed E-state index contributed by atoms with van der Waals surface area (Å²) in [6, 6.07) is 9.59. The van der Waals surface area contributed by atoms with Crippen LogP contribution in [0.2, 0.25) is 0 Å². The molecule has 0 atom stereocenters. The summed E-state index contributed by atoms with van der Waals surface area (Å²) in [5, 5.41) is 0. The maximum absolute atomic E-state index is 12.4. The topological polar surface area (TPSA) is 82.8 Å². The number of carbonyl (C=O) groups excluding carboxylic acids is 1. The molecule has 158 valence electrons. The van der Waals surface area contributed by atoms with E-state index in [0.717, 1.165) is 22.9 Å².